The van der Waals surface area contributed by atoms with E-state index in [1.165, 1.54) is 0 Å². The number of rotatable bonds is 38. The van der Waals surface area contributed by atoms with Gasteiger partial charge < -0.3 is 59.9 Å². The quantitative estimate of drug-likeness (QED) is 0.0260. The molecule has 0 saturated carbocycles. The second-order valence-corrected chi connectivity index (χ2v) is 17.6. The van der Waals surface area contributed by atoms with Crippen LogP contribution in [0.25, 0.3) is 0 Å². The maximum absolute atomic E-state index is 12.7. The van der Waals surface area contributed by atoms with Gasteiger partial charge in [0.25, 0.3) is 0 Å². The molecule has 2 amide bonds. The number of unbranched alkanes of at least 4 members (excludes halogenated alkanes) is 5. The van der Waals surface area contributed by atoms with Gasteiger partial charge in [0.1, 0.15) is 37.7 Å². The highest BCUT2D eigenvalue weighted by atomic mass is 35.5. The fourth-order valence-electron chi connectivity index (χ4n) is 8.54. The molecule has 0 radical (unpaired) electrons. The van der Waals surface area contributed by atoms with Gasteiger partial charge in [-0.05, 0) is 91.0 Å². The summed E-state index contributed by atoms with van der Waals surface area (Å²) in [5.74, 6) is 0.665. The molecule has 2 aliphatic rings. The molecule has 2 aliphatic heterocycles. The predicted octanol–water partition coefficient (Wildman–Crippen LogP) is -2.39. The van der Waals surface area contributed by atoms with Crippen LogP contribution in [0.5, 0.6) is 0 Å². The number of amides is 2. The number of carbonyl (C=O) groups is 4. The van der Waals surface area contributed by atoms with Crippen LogP contribution in [0.1, 0.15) is 136 Å². The number of hydrogen-bond donors (Lipinski definition) is 5. The van der Waals surface area contributed by atoms with Crippen LogP contribution in [-0.4, -0.2) is 176 Å². The molecular weight excluding hydrogens is 793 g/mol. The first-order chi connectivity index (χ1) is 27.5. The number of Topliss-reactive ketones (excluding diaryl/α,β-unsaturated/α-hetero) is 2. The number of hydrogen-bond acceptors (Lipinski definition) is 9. The maximum atomic E-state index is 12.7. The van der Waals surface area contributed by atoms with Gasteiger partial charge in [0.15, 0.2) is 12.2 Å². The number of ketones is 2. The number of likely N-dealkylation sites (tertiary alicyclic amines) is 2. The molecule has 0 bridgehead atoms. The Morgan fingerprint density at radius 3 is 1.25 bits per heavy atom. The molecule has 2 saturated heterocycles. The molecule has 5 N–H and O–H groups in total. The van der Waals surface area contributed by atoms with Crippen LogP contribution in [0.2, 0.25) is 0 Å². The molecule has 348 valence electrons. The zero-order valence-electron chi connectivity index (χ0n) is 37.8. The van der Waals surface area contributed by atoms with Crippen molar-refractivity contribution in [1.82, 2.24) is 25.8 Å². The molecule has 0 aromatic rings. The maximum Gasteiger partial charge on any atom is 0.220 e. The van der Waals surface area contributed by atoms with Crippen molar-refractivity contribution in [1.29, 1.82) is 0 Å². The monoisotopic (exact) mass is 880 g/mol. The van der Waals surface area contributed by atoms with Gasteiger partial charge in [0, 0.05) is 45.1 Å². The Morgan fingerprint density at radius 2 is 0.864 bits per heavy atom. The first-order valence-electron chi connectivity index (χ1n) is 23.2. The van der Waals surface area contributed by atoms with Crippen LogP contribution in [0.3, 0.4) is 0 Å². The highest BCUT2D eigenvalue weighted by Crippen LogP contribution is 2.22. The van der Waals surface area contributed by atoms with E-state index in [1.807, 2.05) is 7.05 Å². The van der Waals surface area contributed by atoms with E-state index in [4.69, 9.17) is 0 Å². The standard InChI is InChI=1S/C44H85N7O6.2ClH/c1-5-8-26-48(28-15-19-39(52)17-11-13-21-43(56)46-24-32-50(30-10-7-3)34-41(54)35-50)38-49(27-9-6-2)29-16-20-40(53)18-12-14-22-44(57)47-25-33-51(31-23-45-4)36-42(55)37-51;;/h41-42,45,54-55H,5-38H2,1-4H3;2*1H. The molecule has 2 heterocycles. The normalized spacial score (nSPS) is 20.9. The van der Waals surface area contributed by atoms with Crippen LogP contribution in [-0.2, 0) is 19.2 Å². The topological polar surface area (TPSA) is 151 Å². The number of aliphatic hydroxyl groups is 2. The first-order valence-corrected chi connectivity index (χ1v) is 23.2. The lowest BCUT2D eigenvalue weighted by molar-refractivity contribution is -0.971. The largest absolute Gasteiger partial charge is 1.00 e. The molecule has 13 nitrogen and oxygen atoms in total. The molecule has 0 aromatic heterocycles. The average Bonchev–Trinajstić information content (AvgIpc) is 3.16. The molecule has 0 atom stereocenters. The zero-order chi connectivity index (χ0) is 41.8. The van der Waals surface area contributed by atoms with Crippen LogP contribution in [0.15, 0.2) is 0 Å². The number of nitrogens with zero attached hydrogens (tertiary/aromatic N) is 4. The van der Waals surface area contributed by atoms with Crippen molar-refractivity contribution in [3.63, 3.8) is 0 Å². The Balaban J connectivity index is 0.0000168. The van der Waals surface area contributed by atoms with E-state index >= 15 is 0 Å². The Hall–Kier alpha value is -1.42. The summed E-state index contributed by atoms with van der Waals surface area (Å²) in [6.07, 6.45) is 14.1. The number of nitrogens with one attached hydrogen (secondary N) is 3. The van der Waals surface area contributed by atoms with Gasteiger partial charge in [0.05, 0.1) is 45.9 Å². The summed E-state index contributed by atoms with van der Waals surface area (Å²) in [6, 6.07) is 0. The van der Waals surface area contributed by atoms with Gasteiger partial charge in [-0.25, -0.2) is 0 Å². The summed E-state index contributed by atoms with van der Waals surface area (Å²) in [6.45, 7) is 20.3. The highest BCUT2D eigenvalue weighted by molar-refractivity contribution is 5.79. The lowest BCUT2D eigenvalue weighted by atomic mass is 10.0. The van der Waals surface area contributed by atoms with E-state index < -0.39 is 0 Å². The minimum Gasteiger partial charge on any atom is -1.00 e. The SMILES string of the molecule is CCCCN(CCCC(=O)CCCCC(=O)NCC[N+]1(CCCC)CC(O)C1)CN(CCCC)CCCC(=O)CCCCC(=O)NCC[N+]1(CCNC)CC(O)C1.[Cl-].[Cl-]. The van der Waals surface area contributed by atoms with Gasteiger partial charge in [-0.1, -0.05) is 40.0 Å². The van der Waals surface area contributed by atoms with Gasteiger partial charge in [-0.15, -0.1) is 0 Å². The van der Waals surface area contributed by atoms with Crippen LogP contribution < -0.4 is 40.8 Å². The van der Waals surface area contributed by atoms with E-state index in [2.05, 4.69) is 46.5 Å². The lowest BCUT2D eigenvalue weighted by Crippen LogP contribution is -3.00. The highest BCUT2D eigenvalue weighted by Gasteiger charge is 2.43. The van der Waals surface area contributed by atoms with Gasteiger partial charge in [-0.3, -0.25) is 29.0 Å². The fourth-order valence-corrected chi connectivity index (χ4v) is 8.54. The molecule has 2 rings (SSSR count). The number of quaternary nitrogens is 2. The second-order valence-electron chi connectivity index (χ2n) is 17.6. The Bertz CT molecular complexity index is 1040. The minimum absolute atomic E-state index is 0. The molecule has 2 fully saturated rings. The van der Waals surface area contributed by atoms with E-state index in [0.717, 1.165) is 178 Å². The second kappa shape index (κ2) is 34.1. The Kier molecular flexibility index (Phi) is 33.3. The molecule has 15 heteroatoms. The molecule has 0 aliphatic carbocycles. The van der Waals surface area contributed by atoms with Crippen molar-refractivity contribution in [2.24, 2.45) is 0 Å². The van der Waals surface area contributed by atoms with Crippen LogP contribution in [0, 0.1) is 0 Å². The summed E-state index contributed by atoms with van der Waals surface area (Å²) >= 11 is 0. The molecular formula is C44H87Cl2N7O6. The molecule has 0 spiro atoms. The Labute approximate surface area is 371 Å². The average molecular weight is 881 g/mol. The number of carbonyl (C=O) groups excluding carboxylic acids is 4. The zero-order valence-corrected chi connectivity index (χ0v) is 39.3. The molecule has 0 aromatic carbocycles. The summed E-state index contributed by atoms with van der Waals surface area (Å²) in [4.78, 5) is 55.2. The van der Waals surface area contributed by atoms with Crippen molar-refractivity contribution in [3.8, 4) is 0 Å². The Morgan fingerprint density at radius 1 is 0.508 bits per heavy atom. The summed E-state index contributed by atoms with van der Waals surface area (Å²) in [5.41, 5.74) is 0. The van der Waals surface area contributed by atoms with Gasteiger partial charge in [-0.2, -0.15) is 0 Å². The number of halogens is 2. The smallest absolute Gasteiger partial charge is 0.220 e. The predicted molar refractivity (Wildman–Crippen MR) is 230 cm³/mol. The third-order valence-electron chi connectivity index (χ3n) is 12.2. The van der Waals surface area contributed by atoms with E-state index in [-0.39, 0.29) is 60.4 Å². The fraction of sp³-hybridized carbons (Fsp3) is 0.909. The summed E-state index contributed by atoms with van der Waals surface area (Å²) in [7, 11) is 1.93. The lowest BCUT2D eigenvalue weighted by Gasteiger charge is -2.48. The van der Waals surface area contributed by atoms with Crippen molar-refractivity contribution < 1.29 is 63.2 Å². The first kappa shape index (κ1) is 57.6. The number of aliphatic hydroxyl groups excluding tert-OH is 2. The van der Waals surface area contributed by atoms with Gasteiger partial charge in [0.2, 0.25) is 11.8 Å². The van der Waals surface area contributed by atoms with Crippen molar-refractivity contribution >= 4 is 23.4 Å². The summed E-state index contributed by atoms with van der Waals surface area (Å²) < 4.78 is 1.76. The van der Waals surface area contributed by atoms with E-state index in [0.29, 0.717) is 51.6 Å². The van der Waals surface area contributed by atoms with Crippen LogP contribution >= 0.6 is 0 Å². The van der Waals surface area contributed by atoms with E-state index in [9.17, 15) is 29.4 Å². The molecule has 0 unspecified atom stereocenters. The van der Waals surface area contributed by atoms with Crippen molar-refractivity contribution in [3.05, 3.63) is 0 Å². The van der Waals surface area contributed by atoms with Gasteiger partial charge >= 0.3 is 0 Å². The third-order valence-corrected chi connectivity index (χ3v) is 12.2. The third kappa shape index (κ3) is 26.0. The minimum atomic E-state index is -0.229. The molecule has 59 heavy (non-hydrogen) atoms. The van der Waals surface area contributed by atoms with E-state index in [1.54, 1.807) is 0 Å². The summed E-state index contributed by atoms with van der Waals surface area (Å²) in [5, 5.41) is 28.9. The van der Waals surface area contributed by atoms with Crippen LogP contribution in [0.4, 0.5) is 0 Å². The number of likely N-dealkylation sites (N-methyl/N-ethyl adjacent to an activating group) is 1. The van der Waals surface area contributed by atoms with Crippen molar-refractivity contribution in [2.75, 3.05) is 112 Å². The van der Waals surface area contributed by atoms with Crippen molar-refractivity contribution in [2.45, 2.75) is 149 Å².